The summed E-state index contributed by atoms with van der Waals surface area (Å²) in [6.07, 6.45) is 9.63. The van der Waals surface area contributed by atoms with E-state index < -0.39 is 0 Å². The summed E-state index contributed by atoms with van der Waals surface area (Å²) in [4.78, 5) is 28.1. The third-order valence-corrected chi connectivity index (χ3v) is 6.26. The van der Waals surface area contributed by atoms with Gasteiger partial charge in [0.15, 0.2) is 0 Å². The number of thioether (sulfide) groups is 1. The number of carbonyl (C=O) groups is 2. The number of unbranched alkanes of at least 4 members (excludes halogenated alkanes) is 7. The minimum Gasteiger partial charge on any atom is -0.274 e. The van der Waals surface area contributed by atoms with Crippen LogP contribution in [0.25, 0.3) is 5.57 Å². The molecule has 0 unspecified atom stereocenters. The third kappa shape index (κ3) is 5.73. The van der Waals surface area contributed by atoms with E-state index in [9.17, 15) is 9.59 Å². The van der Waals surface area contributed by atoms with Crippen LogP contribution in [-0.2, 0) is 9.59 Å². The van der Waals surface area contributed by atoms with Gasteiger partial charge in [0.1, 0.15) is 0 Å². The fourth-order valence-corrected chi connectivity index (χ4v) is 4.63. The summed E-state index contributed by atoms with van der Waals surface area (Å²) in [7, 11) is 0. The Bertz CT molecular complexity index is 723. The van der Waals surface area contributed by atoms with E-state index in [4.69, 9.17) is 0 Å². The van der Waals surface area contributed by atoms with Gasteiger partial charge in [-0.2, -0.15) is 0 Å². The van der Waals surface area contributed by atoms with Crippen LogP contribution in [0.4, 0.5) is 0 Å². The average Bonchev–Trinajstić information content (AvgIpc) is 2.89. The van der Waals surface area contributed by atoms with Crippen molar-refractivity contribution in [3.8, 4) is 0 Å². The highest BCUT2D eigenvalue weighted by Crippen LogP contribution is 2.37. The zero-order chi connectivity index (χ0) is 20.5. The lowest BCUT2D eigenvalue weighted by Crippen LogP contribution is -2.32. The van der Waals surface area contributed by atoms with Gasteiger partial charge < -0.3 is 0 Å². The van der Waals surface area contributed by atoms with Gasteiger partial charge in [-0.25, -0.2) is 0 Å². The summed E-state index contributed by atoms with van der Waals surface area (Å²) < 4.78 is 0. The van der Waals surface area contributed by atoms with Crippen molar-refractivity contribution in [2.24, 2.45) is 0 Å². The minimum atomic E-state index is -0.115. The summed E-state index contributed by atoms with van der Waals surface area (Å²) in [6, 6.07) is 6.08. The van der Waals surface area contributed by atoms with Gasteiger partial charge in [0, 0.05) is 6.54 Å². The van der Waals surface area contributed by atoms with Gasteiger partial charge in [0.05, 0.1) is 10.5 Å². The highest BCUT2D eigenvalue weighted by molar-refractivity contribution is 8.04. The molecular weight excluding hydrogens is 366 g/mol. The van der Waals surface area contributed by atoms with Crippen LogP contribution in [0.2, 0.25) is 0 Å². The maximum absolute atomic E-state index is 13.1. The van der Waals surface area contributed by atoms with Crippen molar-refractivity contribution in [1.29, 1.82) is 0 Å². The molecule has 28 heavy (non-hydrogen) atoms. The second-order valence-corrected chi connectivity index (χ2v) is 8.97. The fourth-order valence-electron chi connectivity index (χ4n) is 3.77. The quantitative estimate of drug-likeness (QED) is 0.306. The van der Waals surface area contributed by atoms with Gasteiger partial charge in [-0.3, -0.25) is 14.5 Å². The lowest BCUT2D eigenvalue weighted by molar-refractivity contribution is -0.136. The second kappa shape index (κ2) is 11.5. The Hall–Kier alpha value is -1.55. The third-order valence-electron chi connectivity index (χ3n) is 5.30. The van der Waals surface area contributed by atoms with Crippen LogP contribution in [0.5, 0.6) is 0 Å². The second-order valence-electron chi connectivity index (χ2n) is 7.69. The minimum absolute atomic E-state index is 0.102. The van der Waals surface area contributed by atoms with E-state index in [1.165, 1.54) is 60.8 Å². The molecule has 2 rings (SSSR count). The number of aryl methyl sites for hydroxylation is 2. The molecule has 154 valence electrons. The number of amides is 2. The van der Waals surface area contributed by atoms with Crippen molar-refractivity contribution in [3.63, 3.8) is 0 Å². The average molecular weight is 402 g/mol. The molecule has 0 bridgehead atoms. The van der Waals surface area contributed by atoms with Crippen LogP contribution in [0.3, 0.4) is 0 Å². The number of carbonyl (C=O) groups excluding carboxylic acids is 2. The van der Waals surface area contributed by atoms with Crippen LogP contribution in [0.1, 0.15) is 81.9 Å². The van der Waals surface area contributed by atoms with Crippen molar-refractivity contribution in [2.45, 2.75) is 79.1 Å². The number of hydrogen-bond acceptors (Lipinski definition) is 3. The van der Waals surface area contributed by atoms with Gasteiger partial charge in [-0.05, 0) is 37.1 Å². The normalized spacial score (nSPS) is 14.5. The molecule has 0 aromatic heterocycles. The number of hydrogen-bond donors (Lipinski definition) is 0. The number of benzene rings is 1. The lowest BCUT2D eigenvalue weighted by Gasteiger charge is -2.15. The van der Waals surface area contributed by atoms with Gasteiger partial charge in [0.25, 0.3) is 11.8 Å². The van der Waals surface area contributed by atoms with E-state index in [1.54, 1.807) is 0 Å². The molecule has 1 aliphatic rings. The first-order chi connectivity index (χ1) is 13.5. The molecule has 1 heterocycles. The maximum Gasteiger partial charge on any atom is 0.267 e. The molecule has 1 aromatic rings. The predicted molar refractivity (Wildman–Crippen MR) is 120 cm³/mol. The Balaban J connectivity index is 2.00. The van der Waals surface area contributed by atoms with Crippen molar-refractivity contribution < 1.29 is 9.59 Å². The molecule has 0 spiro atoms. The van der Waals surface area contributed by atoms with Gasteiger partial charge in [-0.1, -0.05) is 82.6 Å². The zero-order valence-corrected chi connectivity index (χ0v) is 18.8. The number of imide groups is 1. The van der Waals surface area contributed by atoms with Crippen LogP contribution >= 0.6 is 11.8 Å². The topological polar surface area (TPSA) is 37.4 Å². The van der Waals surface area contributed by atoms with Gasteiger partial charge in [-0.15, -0.1) is 11.8 Å². The van der Waals surface area contributed by atoms with Crippen LogP contribution < -0.4 is 0 Å². The molecule has 0 aliphatic carbocycles. The molecule has 3 nitrogen and oxygen atoms in total. The predicted octanol–water partition coefficient (Wildman–Crippen LogP) is 6.28. The van der Waals surface area contributed by atoms with Crippen molar-refractivity contribution in [2.75, 3.05) is 12.3 Å². The summed E-state index contributed by atoms with van der Waals surface area (Å²) in [6.45, 7) is 8.85. The summed E-state index contributed by atoms with van der Waals surface area (Å²) in [5, 5.41) is 0. The molecule has 4 heteroatoms. The smallest absolute Gasteiger partial charge is 0.267 e. The van der Waals surface area contributed by atoms with Crippen molar-refractivity contribution in [1.82, 2.24) is 4.90 Å². The Morgan fingerprint density at radius 3 is 2.11 bits per heavy atom. The van der Waals surface area contributed by atoms with Crippen LogP contribution in [0.15, 0.2) is 23.1 Å². The molecule has 0 radical (unpaired) electrons. The lowest BCUT2D eigenvalue weighted by atomic mass is 9.99. The summed E-state index contributed by atoms with van der Waals surface area (Å²) in [5.74, 6) is 0.569. The SMILES string of the molecule is CCCCCCCCCCN1C(=O)C(SCC)=C(c2ccc(C)cc2C)C1=O. The highest BCUT2D eigenvalue weighted by atomic mass is 32.2. The van der Waals surface area contributed by atoms with Gasteiger partial charge >= 0.3 is 0 Å². The van der Waals surface area contributed by atoms with E-state index in [2.05, 4.69) is 13.0 Å². The molecule has 0 saturated heterocycles. The van der Waals surface area contributed by atoms with E-state index in [0.717, 1.165) is 29.7 Å². The molecule has 1 aliphatic heterocycles. The monoisotopic (exact) mass is 401 g/mol. The Labute approximate surface area is 175 Å². The molecule has 0 saturated carbocycles. The highest BCUT2D eigenvalue weighted by Gasteiger charge is 2.38. The Morgan fingerprint density at radius 2 is 1.50 bits per heavy atom. The first kappa shape index (κ1) is 22.7. The Morgan fingerprint density at radius 1 is 0.857 bits per heavy atom. The van der Waals surface area contributed by atoms with Crippen LogP contribution in [0, 0.1) is 13.8 Å². The van der Waals surface area contributed by atoms with E-state index in [0.29, 0.717) is 17.0 Å². The largest absolute Gasteiger partial charge is 0.274 e. The first-order valence-electron chi connectivity index (χ1n) is 10.8. The summed E-state index contributed by atoms with van der Waals surface area (Å²) in [5.41, 5.74) is 3.73. The molecule has 0 fully saturated rings. The Kier molecular flexibility index (Phi) is 9.30. The standard InChI is InChI=1S/C24H35NO2S/c1-5-7-8-9-10-11-12-13-16-25-23(26)21(22(24(25)27)28-6-2)20-15-14-18(3)17-19(20)4/h14-15,17H,5-13,16H2,1-4H3. The zero-order valence-electron chi connectivity index (χ0n) is 18.0. The molecule has 1 aromatic carbocycles. The van der Waals surface area contributed by atoms with E-state index >= 15 is 0 Å². The molecule has 0 N–H and O–H groups in total. The molecular formula is C24H35NO2S. The van der Waals surface area contributed by atoms with Gasteiger partial charge in [0.2, 0.25) is 0 Å². The maximum atomic E-state index is 13.1. The van der Waals surface area contributed by atoms with Crippen molar-refractivity contribution in [3.05, 3.63) is 39.8 Å². The summed E-state index contributed by atoms with van der Waals surface area (Å²) >= 11 is 1.49. The van der Waals surface area contributed by atoms with Crippen molar-refractivity contribution >= 4 is 29.1 Å². The first-order valence-corrected chi connectivity index (χ1v) is 11.8. The van der Waals surface area contributed by atoms with E-state index in [1.807, 2.05) is 32.9 Å². The van der Waals surface area contributed by atoms with Crippen LogP contribution in [-0.4, -0.2) is 29.0 Å². The molecule has 0 atom stereocenters. The van der Waals surface area contributed by atoms with E-state index in [-0.39, 0.29) is 11.8 Å². The fraction of sp³-hybridized carbons (Fsp3) is 0.583. The molecule has 2 amide bonds. The number of rotatable bonds is 12. The number of nitrogens with zero attached hydrogens (tertiary/aromatic N) is 1.